The molecule has 0 N–H and O–H groups in total. The van der Waals surface area contributed by atoms with Crippen LogP contribution in [0.2, 0.25) is 16.6 Å². The molecule has 1 spiro atoms. The van der Waals surface area contributed by atoms with Crippen LogP contribution in [0.15, 0.2) is 24.8 Å². The largest absolute Gasteiger partial charge is 0.465 e. The molecule has 0 unspecified atom stereocenters. The Balaban J connectivity index is 2.37. The molecule has 9 heteroatoms. The van der Waals surface area contributed by atoms with Crippen LogP contribution in [0.4, 0.5) is 0 Å². The van der Waals surface area contributed by atoms with Gasteiger partial charge in [0.15, 0.2) is 17.0 Å². The number of hydrogen-bond donors (Lipinski definition) is 0. The van der Waals surface area contributed by atoms with Gasteiger partial charge in [-0.05, 0) is 61.7 Å². The van der Waals surface area contributed by atoms with Crippen LogP contribution in [-0.2, 0) is 37.8 Å². The first kappa shape index (κ1) is 34.4. The van der Waals surface area contributed by atoms with Gasteiger partial charge in [0.1, 0.15) is 0 Å². The minimum Gasteiger partial charge on any atom is -0.465 e. The SMILES string of the molecule is C=C[C@@H]1CCC2(OCCO2)[C@H]1CC(C/C=C/C(=O)CO[Si](C(C)C)(C(C)C)C(C)C)(C(=O)OCC)C(=O)OCC. The van der Waals surface area contributed by atoms with Gasteiger partial charge in [0, 0.05) is 12.3 Å². The molecule has 228 valence electrons. The van der Waals surface area contributed by atoms with Crippen LogP contribution < -0.4 is 0 Å². The molecule has 0 radical (unpaired) electrons. The van der Waals surface area contributed by atoms with Crippen molar-refractivity contribution in [3.8, 4) is 0 Å². The van der Waals surface area contributed by atoms with Gasteiger partial charge in [0.05, 0.1) is 33.0 Å². The van der Waals surface area contributed by atoms with E-state index in [2.05, 4.69) is 48.1 Å². The van der Waals surface area contributed by atoms with E-state index in [0.717, 1.165) is 6.42 Å². The van der Waals surface area contributed by atoms with Crippen LogP contribution in [-0.4, -0.2) is 64.9 Å². The summed E-state index contributed by atoms with van der Waals surface area (Å²) < 4.78 is 29.5. The first-order valence-electron chi connectivity index (χ1n) is 14.9. The molecule has 0 aromatic carbocycles. The Bertz CT molecular complexity index is 863. The van der Waals surface area contributed by atoms with Crippen LogP contribution in [0, 0.1) is 17.3 Å². The molecule has 1 saturated carbocycles. The van der Waals surface area contributed by atoms with E-state index in [1.165, 1.54) is 6.08 Å². The number of carbonyl (C=O) groups excluding carboxylic acids is 3. The summed E-state index contributed by atoms with van der Waals surface area (Å²) in [4.78, 5) is 40.1. The van der Waals surface area contributed by atoms with Crippen molar-refractivity contribution in [1.29, 1.82) is 0 Å². The number of ketones is 1. The number of carbonyl (C=O) groups is 3. The van der Waals surface area contributed by atoms with Crippen LogP contribution in [0.25, 0.3) is 0 Å². The third-order valence-corrected chi connectivity index (χ3v) is 14.9. The van der Waals surface area contributed by atoms with Crippen LogP contribution >= 0.6 is 0 Å². The van der Waals surface area contributed by atoms with Gasteiger partial charge in [0.2, 0.25) is 8.32 Å². The average molecular weight is 581 g/mol. The highest BCUT2D eigenvalue weighted by molar-refractivity contribution is 6.77. The fourth-order valence-electron chi connectivity index (χ4n) is 7.05. The average Bonchev–Trinajstić information content (AvgIpc) is 3.50. The standard InChI is InChI=1S/C31H52O8Si/c1-10-25-15-17-31(37-18-19-38-31)27(25)20-30(28(33)35-11-2,29(34)36-12-3)16-13-14-26(32)21-39-40(22(4)5,23(6)7)24(8)9/h10,13-14,22-25,27H,1,11-12,15-21H2,2-9H3/b14-13+/t25-,27+/m1/s1. The Morgan fingerprint density at radius 1 is 0.975 bits per heavy atom. The van der Waals surface area contributed by atoms with Gasteiger partial charge in [-0.2, -0.15) is 0 Å². The monoisotopic (exact) mass is 580 g/mol. The highest BCUT2D eigenvalue weighted by atomic mass is 28.4. The molecule has 2 aliphatic rings. The molecule has 40 heavy (non-hydrogen) atoms. The highest BCUT2D eigenvalue weighted by Gasteiger charge is 2.59. The second kappa shape index (κ2) is 14.9. The number of ether oxygens (including phenoxy) is 4. The maximum absolute atomic E-state index is 13.6. The highest BCUT2D eigenvalue weighted by Crippen LogP contribution is 2.52. The van der Waals surface area contributed by atoms with Gasteiger partial charge in [0.25, 0.3) is 0 Å². The summed E-state index contributed by atoms with van der Waals surface area (Å²) >= 11 is 0. The zero-order chi connectivity index (χ0) is 30.1. The first-order valence-corrected chi connectivity index (χ1v) is 17.1. The summed E-state index contributed by atoms with van der Waals surface area (Å²) in [6.07, 6.45) is 6.32. The van der Waals surface area contributed by atoms with Crippen molar-refractivity contribution in [2.24, 2.45) is 17.3 Å². The Labute approximate surface area is 242 Å². The molecule has 1 heterocycles. The van der Waals surface area contributed by atoms with Crippen molar-refractivity contribution < 1.29 is 37.8 Å². The fraction of sp³-hybridized carbons (Fsp3) is 0.774. The molecule has 1 aliphatic carbocycles. The van der Waals surface area contributed by atoms with E-state index in [-0.39, 0.29) is 50.3 Å². The Kier molecular flexibility index (Phi) is 12.8. The molecular weight excluding hydrogens is 528 g/mol. The molecule has 1 saturated heterocycles. The Morgan fingerprint density at radius 3 is 1.95 bits per heavy atom. The van der Waals surface area contributed by atoms with E-state index in [1.807, 2.05) is 6.08 Å². The van der Waals surface area contributed by atoms with Gasteiger partial charge in [-0.3, -0.25) is 14.4 Å². The zero-order valence-electron chi connectivity index (χ0n) is 26.0. The quantitative estimate of drug-likeness (QED) is 0.0705. The molecule has 2 rings (SSSR count). The molecule has 0 aromatic rings. The Hall–Kier alpha value is -1.81. The maximum Gasteiger partial charge on any atom is 0.323 e. The number of hydrogen-bond acceptors (Lipinski definition) is 8. The van der Waals surface area contributed by atoms with Gasteiger partial charge < -0.3 is 23.4 Å². The van der Waals surface area contributed by atoms with E-state index in [4.69, 9.17) is 23.4 Å². The normalized spacial score (nSPS) is 21.2. The lowest BCUT2D eigenvalue weighted by atomic mass is 9.72. The lowest BCUT2D eigenvalue weighted by Crippen LogP contribution is -2.48. The lowest BCUT2D eigenvalue weighted by molar-refractivity contribution is -0.199. The van der Waals surface area contributed by atoms with Gasteiger partial charge in [-0.25, -0.2) is 0 Å². The minimum atomic E-state index is -2.22. The van der Waals surface area contributed by atoms with Crippen molar-refractivity contribution >= 4 is 26.0 Å². The van der Waals surface area contributed by atoms with E-state index in [0.29, 0.717) is 36.3 Å². The molecule has 1 aliphatic heterocycles. The zero-order valence-corrected chi connectivity index (χ0v) is 27.0. The molecule has 8 nitrogen and oxygen atoms in total. The predicted octanol–water partition coefficient (Wildman–Crippen LogP) is 6.15. The molecular formula is C31H52O8Si. The van der Waals surface area contributed by atoms with E-state index in [9.17, 15) is 14.4 Å². The Morgan fingerprint density at radius 2 is 1.50 bits per heavy atom. The van der Waals surface area contributed by atoms with E-state index in [1.54, 1.807) is 19.9 Å². The summed E-state index contributed by atoms with van der Waals surface area (Å²) in [7, 11) is -2.22. The predicted molar refractivity (Wildman–Crippen MR) is 157 cm³/mol. The van der Waals surface area contributed by atoms with Crippen molar-refractivity contribution in [3.05, 3.63) is 24.8 Å². The fourth-order valence-corrected chi connectivity index (χ4v) is 12.4. The number of allylic oxidation sites excluding steroid dienone is 2. The summed E-state index contributed by atoms with van der Waals surface area (Å²) in [5.41, 5.74) is -0.613. The van der Waals surface area contributed by atoms with Crippen molar-refractivity contribution in [2.45, 2.75) is 103 Å². The second-order valence-corrected chi connectivity index (χ2v) is 17.4. The second-order valence-electron chi connectivity index (χ2n) is 12.0. The topological polar surface area (TPSA) is 97.4 Å². The lowest BCUT2D eigenvalue weighted by Gasteiger charge is -2.41. The molecule has 0 aromatic heterocycles. The van der Waals surface area contributed by atoms with Crippen molar-refractivity contribution in [3.63, 3.8) is 0 Å². The molecule has 0 amide bonds. The van der Waals surface area contributed by atoms with Crippen LogP contribution in [0.3, 0.4) is 0 Å². The molecule has 2 atom stereocenters. The maximum atomic E-state index is 13.6. The van der Waals surface area contributed by atoms with Gasteiger partial charge in [-0.15, -0.1) is 6.58 Å². The summed E-state index contributed by atoms with van der Waals surface area (Å²) in [5, 5.41) is 0. The van der Waals surface area contributed by atoms with E-state index >= 15 is 0 Å². The third-order valence-electron chi connectivity index (χ3n) is 8.83. The molecule has 0 bridgehead atoms. The van der Waals surface area contributed by atoms with Crippen LogP contribution in [0.5, 0.6) is 0 Å². The van der Waals surface area contributed by atoms with Crippen molar-refractivity contribution in [1.82, 2.24) is 0 Å². The molecule has 2 fully saturated rings. The van der Waals surface area contributed by atoms with Gasteiger partial charge >= 0.3 is 11.9 Å². The van der Waals surface area contributed by atoms with E-state index < -0.39 is 31.5 Å². The number of rotatable bonds is 16. The number of esters is 2. The minimum absolute atomic E-state index is 0.0125. The smallest absolute Gasteiger partial charge is 0.323 e. The summed E-state index contributed by atoms with van der Waals surface area (Å²) in [5.74, 6) is -2.74. The summed E-state index contributed by atoms with van der Waals surface area (Å²) in [6, 6.07) is 0. The summed E-state index contributed by atoms with van der Waals surface area (Å²) in [6.45, 7) is 21.5. The van der Waals surface area contributed by atoms with Gasteiger partial charge in [-0.1, -0.05) is 53.7 Å². The third kappa shape index (κ3) is 7.15. The van der Waals surface area contributed by atoms with Crippen molar-refractivity contribution in [2.75, 3.05) is 33.0 Å². The van der Waals surface area contributed by atoms with Crippen LogP contribution in [0.1, 0.15) is 81.1 Å². The first-order chi connectivity index (χ1) is 18.9.